The molecule has 1 heterocycles. The molecule has 0 radical (unpaired) electrons. The van der Waals surface area contributed by atoms with Gasteiger partial charge in [0.25, 0.3) is 11.8 Å². The Labute approximate surface area is 202 Å². The summed E-state index contributed by atoms with van der Waals surface area (Å²) >= 11 is 6.68. The number of nitrogens with one attached hydrogen (secondary N) is 1. The van der Waals surface area contributed by atoms with Gasteiger partial charge >= 0.3 is 0 Å². The summed E-state index contributed by atoms with van der Waals surface area (Å²) in [5, 5.41) is 2.89. The summed E-state index contributed by atoms with van der Waals surface area (Å²) in [6.45, 7) is 1.95. The molecule has 1 aliphatic heterocycles. The first-order valence-corrected chi connectivity index (χ1v) is 11.7. The maximum atomic E-state index is 12.8. The zero-order valence-electron chi connectivity index (χ0n) is 18.0. The molecular formula is C26H22N2O3S2. The molecule has 1 fully saturated rings. The largest absolute Gasteiger partial charge is 0.484 e. The number of anilines is 2. The Bertz CT molecular complexity index is 1210. The van der Waals surface area contributed by atoms with Crippen LogP contribution in [-0.4, -0.2) is 22.7 Å². The molecule has 0 aromatic heterocycles. The van der Waals surface area contributed by atoms with E-state index in [0.717, 1.165) is 28.9 Å². The van der Waals surface area contributed by atoms with Crippen molar-refractivity contribution in [3.05, 3.63) is 94.9 Å². The second kappa shape index (κ2) is 10.5. The van der Waals surface area contributed by atoms with Crippen molar-refractivity contribution in [2.45, 2.75) is 13.3 Å². The number of rotatable bonds is 7. The molecular weight excluding hydrogens is 452 g/mol. The molecule has 0 bridgehead atoms. The second-order valence-electron chi connectivity index (χ2n) is 7.27. The number of aryl methyl sites for hydroxylation is 1. The highest BCUT2D eigenvalue weighted by molar-refractivity contribution is 8.27. The van der Waals surface area contributed by atoms with Crippen molar-refractivity contribution in [3.8, 4) is 5.75 Å². The van der Waals surface area contributed by atoms with Crippen LogP contribution < -0.4 is 15.0 Å². The summed E-state index contributed by atoms with van der Waals surface area (Å²) in [6, 6.07) is 24.3. The van der Waals surface area contributed by atoms with Crippen LogP contribution in [0.2, 0.25) is 0 Å². The molecule has 1 saturated heterocycles. The third kappa shape index (κ3) is 5.50. The average Bonchev–Trinajstić information content (AvgIpc) is 3.12. The number of benzene rings is 3. The van der Waals surface area contributed by atoms with E-state index in [2.05, 4.69) is 5.32 Å². The first kappa shape index (κ1) is 22.8. The fourth-order valence-corrected chi connectivity index (χ4v) is 4.66. The lowest BCUT2D eigenvalue weighted by Crippen LogP contribution is -2.27. The average molecular weight is 475 g/mol. The Kier molecular flexibility index (Phi) is 7.22. The minimum Gasteiger partial charge on any atom is -0.484 e. The number of hydrogen-bond donors (Lipinski definition) is 1. The Morgan fingerprint density at radius 2 is 1.73 bits per heavy atom. The Morgan fingerprint density at radius 3 is 2.45 bits per heavy atom. The SMILES string of the molecule is CCc1ccccc1NC(=O)COc1ccc(/C=C2\SC(=S)N(c3ccccc3)C2=O)cc1. The minimum absolute atomic E-state index is 0.0902. The molecule has 3 aromatic carbocycles. The van der Waals surface area contributed by atoms with Crippen LogP contribution in [0.25, 0.3) is 6.08 Å². The molecule has 1 N–H and O–H groups in total. The minimum atomic E-state index is -0.218. The predicted octanol–water partition coefficient (Wildman–Crippen LogP) is 5.67. The van der Waals surface area contributed by atoms with E-state index in [-0.39, 0.29) is 18.4 Å². The summed E-state index contributed by atoms with van der Waals surface area (Å²) < 4.78 is 6.13. The highest BCUT2D eigenvalue weighted by Gasteiger charge is 2.33. The van der Waals surface area contributed by atoms with Gasteiger partial charge in [-0.1, -0.05) is 79.4 Å². The third-order valence-corrected chi connectivity index (χ3v) is 6.33. The van der Waals surface area contributed by atoms with E-state index >= 15 is 0 Å². The van der Waals surface area contributed by atoms with Crippen molar-refractivity contribution in [1.29, 1.82) is 0 Å². The Morgan fingerprint density at radius 1 is 1.03 bits per heavy atom. The van der Waals surface area contributed by atoms with Crippen molar-refractivity contribution in [3.63, 3.8) is 0 Å². The molecule has 0 atom stereocenters. The second-order valence-corrected chi connectivity index (χ2v) is 8.95. The van der Waals surface area contributed by atoms with E-state index in [1.165, 1.54) is 11.8 Å². The Balaban J connectivity index is 1.36. The van der Waals surface area contributed by atoms with E-state index in [1.807, 2.05) is 73.7 Å². The van der Waals surface area contributed by atoms with Crippen LogP contribution >= 0.6 is 24.0 Å². The van der Waals surface area contributed by atoms with E-state index in [1.54, 1.807) is 23.1 Å². The lowest BCUT2D eigenvalue weighted by Gasteiger charge is -2.13. The standard InChI is InChI=1S/C26H22N2O3S2/c1-2-19-8-6-7-11-22(19)27-24(29)17-31-21-14-12-18(13-15-21)16-23-25(30)28(26(32)33-23)20-9-4-3-5-10-20/h3-16H,2,17H2,1H3,(H,27,29)/b23-16-. The smallest absolute Gasteiger partial charge is 0.270 e. The topological polar surface area (TPSA) is 58.6 Å². The van der Waals surface area contributed by atoms with Crippen LogP contribution in [0.4, 0.5) is 11.4 Å². The highest BCUT2D eigenvalue weighted by atomic mass is 32.2. The highest BCUT2D eigenvalue weighted by Crippen LogP contribution is 2.36. The number of carbonyl (C=O) groups excluding carboxylic acids is 2. The molecule has 0 aliphatic carbocycles. The van der Waals surface area contributed by atoms with Gasteiger partial charge in [0.15, 0.2) is 10.9 Å². The summed E-state index contributed by atoms with van der Waals surface area (Å²) in [5.41, 5.74) is 3.48. The zero-order valence-corrected chi connectivity index (χ0v) is 19.6. The molecule has 166 valence electrons. The summed E-state index contributed by atoms with van der Waals surface area (Å²) in [7, 11) is 0. The van der Waals surface area contributed by atoms with Crippen molar-refractivity contribution in [2.24, 2.45) is 0 Å². The lowest BCUT2D eigenvalue weighted by molar-refractivity contribution is -0.118. The molecule has 7 heteroatoms. The van der Waals surface area contributed by atoms with Gasteiger partial charge in [-0.15, -0.1) is 0 Å². The van der Waals surface area contributed by atoms with Crippen LogP contribution in [0.1, 0.15) is 18.1 Å². The molecule has 5 nitrogen and oxygen atoms in total. The zero-order chi connectivity index (χ0) is 23.2. The van der Waals surface area contributed by atoms with E-state index in [0.29, 0.717) is 15.0 Å². The van der Waals surface area contributed by atoms with Gasteiger partial charge in [-0.25, -0.2) is 0 Å². The number of carbonyl (C=O) groups is 2. The quantitative estimate of drug-likeness (QED) is 0.353. The van der Waals surface area contributed by atoms with Gasteiger partial charge in [0.05, 0.1) is 10.6 Å². The van der Waals surface area contributed by atoms with Crippen LogP contribution in [-0.2, 0) is 16.0 Å². The summed E-state index contributed by atoms with van der Waals surface area (Å²) in [6.07, 6.45) is 2.64. The first-order valence-electron chi connectivity index (χ1n) is 10.5. The summed E-state index contributed by atoms with van der Waals surface area (Å²) in [4.78, 5) is 27.2. The van der Waals surface area contributed by atoms with Crippen molar-refractivity contribution >= 4 is 57.6 Å². The maximum absolute atomic E-state index is 12.8. The van der Waals surface area contributed by atoms with Crippen LogP contribution in [0.3, 0.4) is 0 Å². The van der Waals surface area contributed by atoms with Gasteiger partial charge < -0.3 is 10.1 Å². The molecule has 2 amide bonds. The fourth-order valence-electron chi connectivity index (χ4n) is 3.36. The number of thiocarbonyl (C=S) groups is 1. The van der Waals surface area contributed by atoms with Gasteiger partial charge in [0.2, 0.25) is 0 Å². The normalized spacial score (nSPS) is 14.6. The lowest BCUT2D eigenvalue weighted by atomic mass is 10.1. The van der Waals surface area contributed by atoms with Crippen LogP contribution in [0, 0.1) is 0 Å². The van der Waals surface area contributed by atoms with Gasteiger partial charge in [0.1, 0.15) is 5.75 Å². The van der Waals surface area contributed by atoms with Gasteiger partial charge in [0, 0.05) is 5.69 Å². The van der Waals surface area contributed by atoms with Crippen LogP contribution in [0.5, 0.6) is 5.75 Å². The van der Waals surface area contributed by atoms with E-state index in [4.69, 9.17) is 17.0 Å². The van der Waals surface area contributed by atoms with Gasteiger partial charge in [-0.3, -0.25) is 14.5 Å². The molecule has 3 aromatic rings. The molecule has 4 rings (SSSR count). The van der Waals surface area contributed by atoms with Crippen molar-refractivity contribution in [2.75, 3.05) is 16.8 Å². The number of amides is 2. The maximum Gasteiger partial charge on any atom is 0.270 e. The molecule has 1 aliphatic rings. The van der Waals surface area contributed by atoms with Crippen molar-refractivity contribution < 1.29 is 14.3 Å². The number of nitrogens with zero attached hydrogens (tertiary/aromatic N) is 1. The fraction of sp³-hybridized carbons (Fsp3) is 0.115. The molecule has 0 saturated carbocycles. The van der Waals surface area contributed by atoms with Gasteiger partial charge in [-0.05, 0) is 54.0 Å². The number of thioether (sulfide) groups is 1. The third-order valence-electron chi connectivity index (χ3n) is 5.03. The summed E-state index contributed by atoms with van der Waals surface area (Å²) in [5.74, 6) is 0.216. The van der Waals surface area contributed by atoms with E-state index in [9.17, 15) is 9.59 Å². The number of ether oxygens (including phenoxy) is 1. The molecule has 0 spiro atoms. The van der Waals surface area contributed by atoms with Crippen LogP contribution in [0.15, 0.2) is 83.8 Å². The molecule has 33 heavy (non-hydrogen) atoms. The van der Waals surface area contributed by atoms with Crippen molar-refractivity contribution in [1.82, 2.24) is 0 Å². The number of hydrogen-bond acceptors (Lipinski definition) is 5. The Hall–Kier alpha value is -3.42. The first-order chi connectivity index (χ1) is 16.0. The monoisotopic (exact) mass is 474 g/mol. The van der Waals surface area contributed by atoms with Gasteiger partial charge in [-0.2, -0.15) is 0 Å². The molecule has 0 unspecified atom stereocenters. The number of para-hydroxylation sites is 2. The van der Waals surface area contributed by atoms with E-state index < -0.39 is 0 Å². The predicted molar refractivity (Wildman–Crippen MR) is 138 cm³/mol.